The highest BCUT2D eigenvalue weighted by atomic mass is 35.5. The normalized spacial score (nSPS) is 26.3. The van der Waals surface area contributed by atoms with Gasteiger partial charge in [0.25, 0.3) is 5.91 Å². The Bertz CT molecular complexity index is 488. The van der Waals surface area contributed by atoms with Crippen LogP contribution in [0.3, 0.4) is 0 Å². The Kier molecular flexibility index (Phi) is 4.96. The average molecular weight is 302 g/mol. The molecule has 1 saturated heterocycles. The Morgan fingerprint density at radius 3 is 2.75 bits per heavy atom. The van der Waals surface area contributed by atoms with E-state index in [1.165, 1.54) is 18.2 Å². The number of anilines is 1. The molecule has 2 N–H and O–H groups in total. The molecule has 4 nitrogen and oxygen atoms in total. The van der Waals surface area contributed by atoms with E-state index < -0.39 is 5.82 Å². The fourth-order valence-corrected chi connectivity index (χ4v) is 2.72. The summed E-state index contributed by atoms with van der Waals surface area (Å²) < 4.78 is 19.2. The number of hydrogen-bond donors (Lipinski definition) is 2. The van der Waals surface area contributed by atoms with Crippen molar-refractivity contribution in [2.45, 2.75) is 26.1 Å². The van der Waals surface area contributed by atoms with Crippen LogP contribution in [-0.4, -0.2) is 37.7 Å². The Hall–Kier alpha value is -1.17. The van der Waals surface area contributed by atoms with Crippen molar-refractivity contribution < 1.29 is 18.8 Å². The standard InChI is InChI=1S/C14H18ClFN2O2/c1-9-6-18(7-10(2)20-9)8-14(19)17-13-5-11(15)3-4-12(13)16/h3-5,9-10H,6-8H2,1-2H3,(H,17,19)/p+1/t9-,10+. The minimum atomic E-state index is -0.485. The van der Waals surface area contributed by atoms with Gasteiger partial charge < -0.3 is 15.0 Å². The highest BCUT2D eigenvalue weighted by Gasteiger charge is 2.27. The Labute approximate surface area is 122 Å². The first-order valence-electron chi connectivity index (χ1n) is 6.68. The SMILES string of the molecule is C[C@@H]1C[NH+](CC(=O)Nc2cc(Cl)ccc2F)C[C@H](C)O1. The Balaban J connectivity index is 1.93. The molecule has 0 saturated carbocycles. The van der Waals surface area contributed by atoms with Gasteiger partial charge in [0.2, 0.25) is 0 Å². The summed E-state index contributed by atoms with van der Waals surface area (Å²) in [6.45, 7) is 5.82. The third-order valence-corrected chi connectivity index (χ3v) is 3.47. The van der Waals surface area contributed by atoms with Crippen molar-refractivity contribution in [2.24, 2.45) is 0 Å². The number of amides is 1. The molecule has 1 aromatic rings. The van der Waals surface area contributed by atoms with E-state index in [1.807, 2.05) is 13.8 Å². The van der Waals surface area contributed by atoms with Crippen molar-refractivity contribution in [1.29, 1.82) is 0 Å². The lowest BCUT2D eigenvalue weighted by Gasteiger charge is -2.31. The van der Waals surface area contributed by atoms with E-state index in [4.69, 9.17) is 16.3 Å². The second kappa shape index (κ2) is 6.52. The molecule has 0 spiro atoms. The molecule has 0 radical (unpaired) electrons. The molecule has 110 valence electrons. The van der Waals surface area contributed by atoms with Crippen LogP contribution in [0.25, 0.3) is 0 Å². The molecule has 1 heterocycles. The third kappa shape index (κ3) is 4.16. The molecule has 1 fully saturated rings. The Morgan fingerprint density at radius 2 is 2.10 bits per heavy atom. The highest BCUT2D eigenvalue weighted by Crippen LogP contribution is 2.19. The van der Waals surface area contributed by atoms with E-state index in [2.05, 4.69) is 5.32 Å². The van der Waals surface area contributed by atoms with E-state index in [9.17, 15) is 9.18 Å². The maximum atomic E-state index is 13.5. The molecule has 0 bridgehead atoms. The van der Waals surface area contributed by atoms with Gasteiger partial charge in [-0.05, 0) is 32.0 Å². The second-order valence-corrected chi connectivity index (χ2v) is 5.70. The molecule has 1 aliphatic heterocycles. The summed E-state index contributed by atoms with van der Waals surface area (Å²) in [7, 11) is 0. The zero-order chi connectivity index (χ0) is 14.7. The number of morpholine rings is 1. The molecule has 0 aliphatic carbocycles. The largest absolute Gasteiger partial charge is 0.364 e. The van der Waals surface area contributed by atoms with Crippen LogP contribution in [0.15, 0.2) is 18.2 Å². The van der Waals surface area contributed by atoms with Crippen LogP contribution in [0, 0.1) is 5.82 Å². The number of carbonyl (C=O) groups excluding carboxylic acids is 1. The van der Waals surface area contributed by atoms with E-state index in [1.54, 1.807) is 0 Å². The predicted molar refractivity (Wildman–Crippen MR) is 75.6 cm³/mol. The summed E-state index contributed by atoms with van der Waals surface area (Å²) in [5.74, 6) is -0.705. The number of nitrogens with one attached hydrogen (secondary N) is 2. The van der Waals surface area contributed by atoms with Crippen molar-refractivity contribution in [1.82, 2.24) is 0 Å². The van der Waals surface area contributed by atoms with Crippen molar-refractivity contribution in [3.63, 3.8) is 0 Å². The predicted octanol–water partition coefficient (Wildman–Crippen LogP) is 1.11. The van der Waals surface area contributed by atoms with Crippen molar-refractivity contribution in [2.75, 3.05) is 25.0 Å². The van der Waals surface area contributed by atoms with E-state index in [0.29, 0.717) is 11.6 Å². The number of rotatable bonds is 3. The first kappa shape index (κ1) is 15.2. The van der Waals surface area contributed by atoms with Gasteiger partial charge in [0.05, 0.1) is 5.69 Å². The lowest BCUT2D eigenvalue weighted by Crippen LogP contribution is -3.16. The van der Waals surface area contributed by atoms with Gasteiger partial charge in [-0.2, -0.15) is 0 Å². The molecule has 6 heteroatoms. The van der Waals surface area contributed by atoms with Crippen molar-refractivity contribution >= 4 is 23.2 Å². The van der Waals surface area contributed by atoms with Gasteiger partial charge in [-0.15, -0.1) is 0 Å². The smallest absolute Gasteiger partial charge is 0.279 e. The van der Waals surface area contributed by atoms with Crippen molar-refractivity contribution in [3.8, 4) is 0 Å². The average Bonchev–Trinajstić information content (AvgIpc) is 2.32. The summed E-state index contributed by atoms with van der Waals surface area (Å²) in [6.07, 6.45) is 0.258. The van der Waals surface area contributed by atoms with Gasteiger partial charge in [0.15, 0.2) is 6.54 Å². The minimum absolute atomic E-state index is 0.122. The molecular weight excluding hydrogens is 283 g/mol. The van der Waals surface area contributed by atoms with Gasteiger partial charge in [-0.1, -0.05) is 11.6 Å². The molecule has 1 amide bonds. The fraction of sp³-hybridized carbons (Fsp3) is 0.500. The third-order valence-electron chi connectivity index (χ3n) is 3.23. The van der Waals surface area contributed by atoms with Crippen LogP contribution in [-0.2, 0) is 9.53 Å². The number of hydrogen-bond acceptors (Lipinski definition) is 2. The molecule has 1 aliphatic rings. The van der Waals surface area contributed by atoms with Gasteiger partial charge in [0.1, 0.15) is 31.1 Å². The van der Waals surface area contributed by atoms with E-state index in [-0.39, 0.29) is 23.8 Å². The van der Waals surface area contributed by atoms with Crippen LogP contribution < -0.4 is 10.2 Å². The molecular formula is C14H19ClFN2O2+. The summed E-state index contributed by atoms with van der Waals surface area (Å²) in [5, 5.41) is 2.96. The lowest BCUT2D eigenvalue weighted by molar-refractivity contribution is -0.907. The maximum Gasteiger partial charge on any atom is 0.279 e. The van der Waals surface area contributed by atoms with Crippen LogP contribution in [0.2, 0.25) is 5.02 Å². The quantitative estimate of drug-likeness (QED) is 0.878. The van der Waals surface area contributed by atoms with Crippen LogP contribution in [0.4, 0.5) is 10.1 Å². The van der Waals surface area contributed by atoms with Gasteiger partial charge in [0, 0.05) is 5.02 Å². The van der Waals surface area contributed by atoms with Crippen LogP contribution in [0.1, 0.15) is 13.8 Å². The number of quaternary nitrogens is 1. The first-order valence-corrected chi connectivity index (χ1v) is 7.05. The topological polar surface area (TPSA) is 42.8 Å². The van der Waals surface area contributed by atoms with Crippen molar-refractivity contribution in [3.05, 3.63) is 29.0 Å². The highest BCUT2D eigenvalue weighted by molar-refractivity contribution is 6.30. The monoisotopic (exact) mass is 301 g/mol. The Morgan fingerprint density at radius 1 is 1.45 bits per heavy atom. The van der Waals surface area contributed by atoms with Crippen LogP contribution >= 0.6 is 11.6 Å². The minimum Gasteiger partial charge on any atom is -0.364 e. The van der Waals surface area contributed by atoms with Gasteiger partial charge >= 0.3 is 0 Å². The number of benzene rings is 1. The van der Waals surface area contributed by atoms with E-state index in [0.717, 1.165) is 18.0 Å². The molecule has 1 aromatic carbocycles. The number of carbonyl (C=O) groups is 1. The molecule has 0 aromatic heterocycles. The molecule has 3 atom stereocenters. The zero-order valence-electron chi connectivity index (χ0n) is 11.6. The van der Waals surface area contributed by atoms with Crippen LogP contribution in [0.5, 0.6) is 0 Å². The molecule has 2 rings (SSSR count). The second-order valence-electron chi connectivity index (χ2n) is 5.26. The van der Waals surface area contributed by atoms with Gasteiger partial charge in [-0.25, -0.2) is 4.39 Å². The zero-order valence-corrected chi connectivity index (χ0v) is 12.3. The summed E-state index contributed by atoms with van der Waals surface area (Å²) in [6, 6.07) is 4.10. The van der Waals surface area contributed by atoms with Gasteiger partial charge in [-0.3, -0.25) is 4.79 Å². The first-order chi connectivity index (χ1) is 9.44. The molecule has 1 unspecified atom stereocenters. The lowest BCUT2D eigenvalue weighted by atomic mass is 10.2. The summed E-state index contributed by atoms with van der Waals surface area (Å²) in [4.78, 5) is 13.1. The number of ether oxygens (including phenoxy) is 1. The maximum absolute atomic E-state index is 13.5. The fourth-order valence-electron chi connectivity index (χ4n) is 2.55. The number of halogens is 2. The van der Waals surface area contributed by atoms with E-state index >= 15 is 0 Å². The molecule has 20 heavy (non-hydrogen) atoms. The summed E-state index contributed by atoms with van der Waals surface area (Å²) in [5.41, 5.74) is 0.122. The summed E-state index contributed by atoms with van der Waals surface area (Å²) >= 11 is 5.79.